The summed E-state index contributed by atoms with van der Waals surface area (Å²) in [5, 5.41) is 8.31. The lowest BCUT2D eigenvalue weighted by Gasteiger charge is -1.94. The molecule has 0 aliphatic rings. The number of nitrogens with zero attached hydrogens (tertiary/aromatic N) is 1. The van der Waals surface area contributed by atoms with Crippen molar-refractivity contribution in [2.45, 2.75) is 0 Å². The number of rotatable bonds is 2. The van der Waals surface area contributed by atoms with Crippen LogP contribution in [0.25, 0.3) is 5.41 Å². The van der Waals surface area contributed by atoms with E-state index in [0.29, 0.717) is 11.8 Å². The monoisotopic (exact) mass is 132 g/mol. The molecule has 10 heavy (non-hydrogen) atoms. The Hall–Kier alpha value is -1.44. The average molecular weight is 132 g/mol. The predicted molar refractivity (Wildman–Crippen MR) is 40.2 cm³/mol. The van der Waals surface area contributed by atoms with Gasteiger partial charge in [0.1, 0.15) is 0 Å². The summed E-state index contributed by atoms with van der Waals surface area (Å²) in [7, 11) is 0. The smallest absolute Gasteiger partial charge is 0.162 e. The summed E-state index contributed by atoms with van der Waals surface area (Å²) in [6, 6.07) is 8.60. The second kappa shape index (κ2) is 2.92. The van der Waals surface area contributed by atoms with Crippen LogP contribution in [0.2, 0.25) is 0 Å². The maximum atomic E-state index is 10.7. The first-order valence-corrected chi connectivity index (χ1v) is 2.91. The van der Waals surface area contributed by atoms with E-state index in [4.69, 9.17) is 5.41 Å². The van der Waals surface area contributed by atoms with Crippen LogP contribution in [0.1, 0.15) is 10.4 Å². The molecule has 2 nitrogen and oxygen atoms in total. The van der Waals surface area contributed by atoms with Crippen molar-refractivity contribution in [1.29, 1.82) is 0 Å². The quantitative estimate of drug-likeness (QED) is 0.444. The summed E-state index contributed by atoms with van der Waals surface area (Å²) in [6.07, 6.45) is 0.565. The first kappa shape index (κ1) is 6.68. The summed E-state index contributed by atoms with van der Waals surface area (Å²) in [5.74, 6) is -0.361. The molecule has 0 aliphatic carbocycles. The molecule has 50 valence electrons. The fourth-order valence-corrected chi connectivity index (χ4v) is 0.677. The van der Waals surface area contributed by atoms with Crippen LogP contribution in [0, 0.1) is 0 Å². The number of hydrogen-bond acceptors (Lipinski definition) is 1. The van der Waals surface area contributed by atoms with Gasteiger partial charge in [0.05, 0.1) is 0 Å². The molecule has 0 amide bonds. The van der Waals surface area contributed by atoms with Crippen molar-refractivity contribution in [2.75, 3.05) is 0 Å². The third kappa shape index (κ3) is 1.29. The molecule has 1 aromatic rings. The van der Waals surface area contributed by atoms with Crippen LogP contribution < -0.4 is 0 Å². The molecule has 0 saturated carbocycles. The zero-order valence-electron chi connectivity index (χ0n) is 5.32. The van der Waals surface area contributed by atoms with Gasteiger partial charge in [-0.3, -0.25) is 4.79 Å². The van der Waals surface area contributed by atoms with Gasteiger partial charge in [-0.2, -0.15) is 0 Å². The van der Waals surface area contributed by atoms with Crippen molar-refractivity contribution < 1.29 is 4.79 Å². The Kier molecular flexibility index (Phi) is 1.95. The molecule has 0 saturated heterocycles. The van der Waals surface area contributed by atoms with E-state index in [1.54, 1.807) is 24.3 Å². The Morgan fingerprint density at radius 3 is 2.40 bits per heavy atom. The number of Topliss-reactive ketones (excluding diaryl/α,β-unsaturated/α-hetero) is 1. The molecule has 0 radical (unpaired) electrons. The van der Waals surface area contributed by atoms with Gasteiger partial charge in [-0.25, -0.2) is 0 Å². The van der Waals surface area contributed by atoms with Gasteiger partial charge in [-0.1, -0.05) is 30.3 Å². The molecule has 0 spiro atoms. The fourth-order valence-electron chi connectivity index (χ4n) is 0.677. The van der Waals surface area contributed by atoms with Crippen LogP contribution in [-0.2, 0) is 0 Å². The summed E-state index contributed by atoms with van der Waals surface area (Å²) in [4.78, 5) is 10.7. The van der Waals surface area contributed by atoms with Gasteiger partial charge in [0.2, 0.25) is 0 Å². The highest BCUT2D eigenvalue weighted by Gasteiger charge is 1.93. The first-order valence-electron chi connectivity index (χ1n) is 2.91. The normalized spacial score (nSPS) is 8.80. The van der Waals surface area contributed by atoms with Gasteiger partial charge in [0.15, 0.2) is 5.78 Å². The second-order valence-corrected chi connectivity index (χ2v) is 1.86. The zero-order chi connectivity index (χ0) is 7.40. The predicted octanol–water partition coefficient (Wildman–Crippen LogP) is 1.51. The standard InChI is InChI=1S/C8H6NO/c9-6-8(10)7-4-2-1-3-5-7/h1-6H/q-1. The minimum Gasteiger partial charge on any atom is -0.807 e. The lowest BCUT2D eigenvalue weighted by Crippen LogP contribution is -1.96. The van der Waals surface area contributed by atoms with E-state index in [1.165, 1.54) is 0 Å². The summed E-state index contributed by atoms with van der Waals surface area (Å²) < 4.78 is 0. The molecule has 2 heteroatoms. The van der Waals surface area contributed by atoms with E-state index in [1.807, 2.05) is 6.07 Å². The van der Waals surface area contributed by atoms with Crippen LogP contribution in [0.4, 0.5) is 0 Å². The number of hydrogen-bond donors (Lipinski definition) is 0. The number of benzene rings is 1. The van der Waals surface area contributed by atoms with E-state index >= 15 is 0 Å². The molecular formula is C8H6NO-. The van der Waals surface area contributed by atoms with Gasteiger partial charge in [0, 0.05) is 5.56 Å². The van der Waals surface area contributed by atoms with Gasteiger partial charge in [0.25, 0.3) is 0 Å². The molecular weight excluding hydrogens is 126 g/mol. The molecule has 0 aromatic heterocycles. The maximum absolute atomic E-state index is 10.7. The number of carbonyl (C=O) groups excluding carboxylic acids is 1. The highest BCUT2D eigenvalue weighted by molar-refractivity contribution is 6.36. The molecule has 0 unspecified atom stereocenters. The van der Waals surface area contributed by atoms with Crippen molar-refractivity contribution in [1.82, 2.24) is 0 Å². The molecule has 0 aliphatic heterocycles. The van der Waals surface area contributed by atoms with Crippen molar-refractivity contribution in [3.05, 3.63) is 41.3 Å². The zero-order valence-corrected chi connectivity index (χ0v) is 5.32. The Balaban J connectivity index is 2.95. The maximum Gasteiger partial charge on any atom is 0.162 e. The lowest BCUT2D eigenvalue weighted by molar-refractivity contribution is 0.107. The number of ketones is 1. The third-order valence-corrected chi connectivity index (χ3v) is 1.18. The largest absolute Gasteiger partial charge is 0.807 e. The van der Waals surface area contributed by atoms with Crippen LogP contribution in [-0.4, -0.2) is 12.0 Å². The Bertz CT molecular complexity index is 241. The highest BCUT2D eigenvalue weighted by Crippen LogP contribution is 1.97. The molecule has 0 bridgehead atoms. The fraction of sp³-hybridized carbons (Fsp3) is 0. The van der Waals surface area contributed by atoms with Crippen molar-refractivity contribution in [2.24, 2.45) is 0 Å². The van der Waals surface area contributed by atoms with Gasteiger partial charge >= 0.3 is 0 Å². The van der Waals surface area contributed by atoms with Gasteiger partial charge < -0.3 is 5.41 Å². The highest BCUT2D eigenvalue weighted by atomic mass is 16.1. The molecule has 1 aromatic carbocycles. The van der Waals surface area contributed by atoms with E-state index < -0.39 is 0 Å². The van der Waals surface area contributed by atoms with Gasteiger partial charge in [-0.05, 0) is 0 Å². The van der Waals surface area contributed by atoms with E-state index in [0.717, 1.165) is 0 Å². The minimum atomic E-state index is -0.361. The Morgan fingerprint density at radius 1 is 1.30 bits per heavy atom. The van der Waals surface area contributed by atoms with E-state index in [9.17, 15) is 4.79 Å². The third-order valence-electron chi connectivity index (χ3n) is 1.18. The van der Waals surface area contributed by atoms with E-state index in [2.05, 4.69) is 0 Å². The molecule has 0 atom stereocenters. The summed E-state index contributed by atoms with van der Waals surface area (Å²) in [6.45, 7) is 0. The summed E-state index contributed by atoms with van der Waals surface area (Å²) >= 11 is 0. The molecule has 0 heterocycles. The summed E-state index contributed by atoms with van der Waals surface area (Å²) in [5.41, 5.74) is 0.505. The Labute approximate surface area is 59.0 Å². The molecule has 0 N–H and O–H groups in total. The van der Waals surface area contributed by atoms with Crippen LogP contribution in [0.15, 0.2) is 30.3 Å². The van der Waals surface area contributed by atoms with Crippen molar-refractivity contribution in [3.8, 4) is 0 Å². The lowest BCUT2D eigenvalue weighted by atomic mass is 10.1. The Morgan fingerprint density at radius 2 is 1.90 bits per heavy atom. The minimum absolute atomic E-state index is 0.361. The molecule has 1 rings (SSSR count). The van der Waals surface area contributed by atoms with E-state index in [-0.39, 0.29) is 5.78 Å². The SMILES string of the molecule is [N-]=CC(=O)c1ccccc1. The first-order chi connectivity index (χ1) is 4.84. The van der Waals surface area contributed by atoms with Crippen LogP contribution >= 0.6 is 0 Å². The number of carbonyl (C=O) groups is 1. The van der Waals surface area contributed by atoms with Crippen LogP contribution in [0.3, 0.4) is 0 Å². The van der Waals surface area contributed by atoms with Crippen molar-refractivity contribution >= 4 is 12.0 Å². The molecule has 0 fully saturated rings. The topological polar surface area (TPSA) is 39.4 Å². The van der Waals surface area contributed by atoms with Crippen molar-refractivity contribution in [3.63, 3.8) is 0 Å². The van der Waals surface area contributed by atoms with Gasteiger partial charge in [-0.15, -0.1) is 6.21 Å². The van der Waals surface area contributed by atoms with Crippen LogP contribution in [0.5, 0.6) is 0 Å². The second-order valence-electron chi connectivity index (χ2n) is 1.86. The average Bonchev–Trinajstić information content (AvgIpc) is 2.05.